The molecule has 0 spiro atoms. The summed E-state index contributed by atoms with van der Waals surface area (Å²) in [6, 6.07) is 4.32. The van der Waals surface area contributed by atoms with E-state index in [0.29, 0.717) is 22.3 Å². The summed E-state index contributed by atoms with van der Waals surface area (Å²) in [6.45, 7) is 2.04. The Morgan fingerprint density at radius 3 is 2.52 bits per heavy atom. The minimum absolute atomic E-state index is 0.491. The molecule has 0 aromatic carbocycles. The van der Waals surface area contributed by atoms with Gasteiger partial charge < -0.3 is 15.5 Å². The number of rotatable bonds is 5. The van der Waals surface area contributed by atoms with E-state index in [2.05, 4.69) is 30.5 Å². The van der Waals surface area contributed by atoms with E-state index in [1.165, 1.54) is 50.3 Å². The summed E-state index contributed by atoms with van der Waals surface area (Å²) in [5, 5.41) is 8.49. The van der Waals surface area contributed by atoms with Gasteiger partial charge in [-0.1, -0.05) is 12.8 Å². The van der Waals surface area contributed by atoms with Gasteiger partial charge in [-0.15, -0.1) is 0 Å². The third-order valence-electron chi connectivity index (χ3n) is 4.50. The molecule has 1 aliphatic heterocycles. The number of thiocarbonyl (C=S) groups is 1. The van der Waals surface area contributed by atoms with Gasteiger partial charge in [0.2, 0.25) is 5.95 Å². The van der Waals surface area contributed by atoms with Crippen LogP contribution in [0.2, 0.25) is 0 Å². The number of nitrogens with zero attached hydrogens (tertiary/aromatic N) is 5. The maximum atomic E-state index is 5.40. The Kier molecular flexibility index (Phi) is 5.98. The summed E-state index contributed by atoms with van der Waals surface area (Å²) in [4.78, 5) is 20.3. The topological polar surface area (TPSA) is 78.9 Å². The second kappa shape index (κ2) is 8.79. The molecule has 0 atom stereocenters. The molecule has 2 aromatic heterocycles. The molecule has 0 amide bonds. The lowest BCUT2D eigenvalue weighted by molar-refractivity contribution is 0.726. The van der Waals surface area contributed by atoms with Crippen LogP contribution in [0, 0.1) is 0 Å². The fourth-order valence-electron chi connectivity index (χ4n) is 2.97. The first kappa shape index (κ1) is 18.4. The molecule has 3 heterocycles. The van der Waals surface area contributed by atoms with Crippen molar-refractivity contribution in [2.24, 2.45) is 0 Å². The number of hydrogen-bond acceptors (Lipinski definition) is 7. The number of hydrogen-bond donors (Lipinski definition) is 2. The van der Waals surface area contributed by atoms with Crippen LogP contribution in [0.15, 0.2) is 34.7 Å². The highest BCUT2D eigenvalue weighted by Crippen LogP contribution is 2.28. The molecule has 0 radical (unpaired) electrons. The highest BCUT2D eigenvalue weighted by Gasteiger charge is 2.22. The molecule has 0 unspecified atom stereocenters. The molecule has 2 N–H and O–H groups in total. The Bertz CT molecular complexity index is 775. The zero-order valence-electron chi connectivity index (χ0n) is 15.1. The van der Waals surface area contributed by atoms with Gasteiger partial charge in [-0.3, -0.25) is 0 Å². The van der Waals surface area contributed by atoms with Crippen LogP contribution < -0.4 is 15.5 Å². The quantitative estimate of drug-likeness (QED) is 0.446. The van der Waals surface area contributed by atoms with Crippen LogP contribution in [-0.4, -0.2) is 44.2 Å². The van der Waals surface area contributed by atoms with Gasteiger partial charge in [-0.2, -0.15) is 4.98 Å². The minimum Gasteiger partial charge on any atom is -0.360 e. The van der Waals surface area contributed by atoms with E-state index in [-0.39, 0.29) is 0 Å². The fraction of sp³-hybridized carbons (Fsp3) is 0.500. The Morgan fingerprint density at radius 1 is 1.07 bits per heavy atom. The SMILES string of the molecule is S=C(Nc1nc(Sc2ncccn2)cc(N2CCCCCC2)n1)NC1CC1. The van der Waals surface area contributed by atoms with Crippen molar-refractivity contribution in [3.05, 3.63) is 24.5 Å². The first-order valence-electron chi connectivity index (χ1n) is 9.43. The number of nitrogens with one attached hydrogen (secondary N) is 2. The van der Waals surface area contributed by atoms with Crippen molar-refractivity contribution < 1.29 is 0 Å². The second-order valence-electron chi connectivity index (χ2n) is 6.80. The van der Waals surface area contributed by atoms with Gasteiger partial charge in [-0.05, 0) is 55.7 Å². The van der Waals surface area contributed by atoms with Crippen LogP contribution in [0.3, 0.4) is 0 Å². The fourth-order valence-corrected chi connectivity index (χ4v) is 3.93. The minimum atomic E-state index is 0.491. The third-order valence-corrected chi connectivity index (χ3v) is 5.53. The average Bonchev–Trinajstić information content (AvgIpc) is 3.49. The van der Waals surface area contributed by atoms with Crippen LogP contribution in [-0.2, 0) is 0 Å². The summed E-state index contributed by atoms with van der Waals surface area (Å²) in [7, 11) is 0. The van der Waals surface area contributed by atoms with Crippen molar-refractivity contribution in [3.8, 4) is 0 Å². The van der Waals surface area contributed by atoms with Crippen molar-refractivity contribution in [1.82, 2.24) is 25.3 Å². The first-order valence-corrected chi connectivity index (χ1v) is 10.7. The highest BCUT2D eigenvalue weighted by molar-refractivity contribution is 7.99. The van der Waals surface area contributed by atoms with Crippen molar-refractivity contribution >= 4 is 40.9 Å². The molecule has 27 heavy (non-hydrogen) atoms. The molecule has 7 nitrogen and oxygen atoms in total. The van der Waals surface area contributed by atoms with Crippen LogP contribution in [0.1, 0.15) is 38.5 Å². The molecule has 1 saturated carbocycles. The Morgan fingerprint density at radius 2 is 1.81 bits per heavy atom. The zero-order chi connectivity index (χ0) is 18.5. The maximum absolute atomic E-state index is 5.40. The molecule has 9 heteroatoms. The van der Waals surface area contributed by atoms with Crippen molar-refractivity contribution in [2.45, 2.75) is 54.7 Å². The smallest absolute Gasteiger partial charge is 0.232 e. The third kappa shape index (κ3) is 5.49. The summed E-state index contributed by atoms with van der Waals surface area (Å²) in [5.74, 6) is 1.45. The van der Waals surface area contributed by atoms with Crippen molar-refractivity contribution in [3.63, 3.8) is 0 Å². The number of anilines is 2. The monoisotopic (exact) mass is 401 g/mol. The first-order chi connectivity index (χ1) is 13.3. The van der Waals surface area contributed by atoms with E-state index >= 15 is 0 Å². The average molecular weight is 402 g/mol. The maximum Gasteiger partial charge on any atom is 0.232 e. The van der Waals surface area contributed by atoms with Crippen molar-refractivity contribution in [1.29, 1.82) is 0 Å². The molecule has 4 rings (SSSR count). The lowest BCUT2D eigenvalue weighted by Crippen LogP contribution is -2.31. The van der Waals surface area contributed by atoms with E-state index in [1.54, 1.807) is 12.4 Å². The van der Waals surface area contributed by atoms with Gasteiger partial charge in [-0.25, -0.2) is 15.0 Å². The predicted octanol–water partition coefficient (Wildman–Crippen LogP) is 3.25. The van der Waals surface area contributed by atoms with Gasteiger partial charge in [0.25, 0.3) is 0 Å². The lowest BCUT2D eigenvalue weighted by Gasteiger charge is -2.22. The predicted molar refractivity (Wildman–Crippen MR) is 111 cm³/mol. The zero-order valence-corrected chi connectivity index (χ0v) is 16.7. The Labute approximate surface area is 168 Å². The summed E-state index contributed by atoms with van der Waals surface area (Å²) in [5.41, 5.74) is 0. The lowest BCUT2D eigenvalue weighted by atomic mass is 10.2. The molecule has 1 saturated heterocycles. The van der Waals surface area contributed by atoms with E-state index < -0.39 is 0 Å². The van der Waals surface area contributed by atoms with Gasteiger partial charge in [0.1, 0.15) is 10.8 Å². The van der Waals surface area contributed by atoms with E-state index in [4.69, 9.17) is 17.2 Å². The molecule has 142 valence electrons. The van der Waals surface area contributed by atoms with E-state index in [0.717, 1.165) is 23.9 Å². The Balaban J connectivity index is 1.57. The van der Waals surface area contributed by atoms with Gasteiger partial charge in [0.15, 0.2) is 10.3 Å². The summed E-state index contributed by atoms with van der Waals surface area (Å²) < 4.78 is 0. The van der Waals surface area contributed by atoms with E-state index in [9.17, 15) is 0 Å². The normalized spacial score (nSPS) is 17.3. The molecule has 2 aliphatic rings. The largest absolute Gasteiger partial charge is 0.360 e. The van der Waals surface area contributed by atoms with Gasteiger partial charge in [0.05, 0.1) is 0 Å². The molecule has 2 aromatic rings. The second-order valence-corrected chi connectivity index (χ2v) is 8.19. The molecular formula is C18H23N7S2. The highest BCUT2D eigenvalue weighted by atomic mass is 32.2. The standard InChI is InChI=1S/C18H23N7S2/c26-17(21-13-6-7-13)24-16-22-14(25-10-3-1-2-4-11-25)12-15(23-16)27-18-19-8-5-9-20-18/h5,8-9,12-13H,1-4,6-7,10-11H2,(H2,21,22,23,24,26). The van der Waals surface area contributed by atoms with Crippen LogP contribution in [0.25, 0.3) is 0 Å². The van der Waals surface area contributed by atoms with Crippen LogP contribution >= 0.6 is 24.0 Å². The Hall–Kier alpha value is -2.00. The molecular weight excluding hydrogens is 378 g/mol. The van der Waals surface area contributed by atoms with E-state index in [1.807, 2.05) is 12.1 Å². The summed E-state index contributed by atoms with van der Waals surface area (Å²) in [6.07, 6.45) is 10.8. The summed E-state index contributed by atoms with van der Waals surface area (Å²) >= 11 is 6.83. The van der Waals surface area contributed by atoms with Gasteiger partial charge >= 0.3 is 0 Å². The van der Waals surface area contributed by atoms with Crippen LogP contribution in [0.5, 0.6) is 0 Å². The number of aromatic nitrogens is 4. The molecule has 0 bridgehead atoms. The molecule has 2 fully saturated rings. The molecule has 1 aliphatic carbocycles. The van der Waals surface area contributed by atoms with Crippen LogP contribution in [0.4, 0.5) is 11.8 Å². The van der Waals surface area contributed by atoms with Gasteiger partial charge in [0, 0.05) is 37.6 Å². The van der Waals surface area contributed by atoms with Crippen molar-refractivity contribution in [2.75, 3.05) is 23.3 Å².